The number of carbonyl (C=O) groups excluding carboxylic acids is 2. The van der Waals surface area contributed by atoms with Crippen LogP contribution in [-0.4, -0.2) is 50.2 Å². The molecule has 11 nitrogen and oxygen atoms in total. The van der Waals surface area contributed by atoms with Gasteiger partial charge in [-0.2, -0.15) is 5.10 Å². The molecule has 206 valence electrons. The first-order valence-corrected chi connectivity index (χ1v) is 14.4. The monoisotopic (exact) mass is 590 g/mol. The number of halogens is 1. The normalized spacial score (nSPS) is 12.2. The van der Waals surface area contributed by atoms with Gasteiger partial charge in [0.05, 0.1) is 41.4 Å². The molecule has 0 saturated carbocycles. The Morgan fingerprint density at radius 2 is 1.90 bits per heavy atom. The van der Waals surface area contributed by atoms with Gasteiger partial charge in [0.1, 0.15) is 9.96 Å². The molecule has 0 bridgehead atoms. The zero-order valence-corrected chi connectivity index (χ0v) is 23.5. The van der Waals surface area contributed by atoms with Crippen LogP contribution in [0.5, 0.6) is 5.75 Å². The summed E-state index contributed by atoms with van der Waals surface area (Å²) in [5, 5.41) is 10.3. The van der Waals surface area contributed by atoms with E-state index in [1.165, 1.54) is 26.3 Å². The van der Waals surface area contributed by atoms with E-state index in [0.717, 1.165) is 22.5 Å². The molecule has 5 N–H and O–H groups in total. The summed E-state index contributed by atoms with van der Waals surface area (Å²) in [6, 6.07) is 14.9. The number of hydrogen-bond acceptors (Lipinski definition) is 8. The molecule has 2 heterocycles. The first-order valence-electron chi connectivity index (χ1n) is 11.7. The van der Waals surface area contributed by atoms with E-state index in [4.69, 9.17) is 22.1 Å². The number of methoxy groups -OCH3 is 1. The number of thiophene rings is 1. The van der Waals surface area contributed by atoms with E-state index in [0.29, 0.717) is 27.5 Å². The number of fused-ring (bicyclic) bond motifs is 1. The number of aromatic nitrogens is 2. The largest absolute Gasteiger partial charge is 0.496 e. The van der Waals surface area contributed by atoms with Crippen molar-refractivity contribution in [3.8, 4) is 5.75 Å². The van der Waals surface area contributed by atoms with Gasteiger partial charge in [0.25, 0.3) is 10.0 Å². The minimum Gasteiger partial charge on any atom is -0.496 e. The highest BCUT2D eigenvalue weighted by Crippen LogP contribution is 2.35. The number of rotatable bonds is 11. The third-order valence-corrected chi connectivity index (χ3v) is 8.87. The topological polar surface area (TPSA) is 157 Å². The number of anilines is 1. The number of benzene rings is 2. The Morgan fingerprint density at radius 1 is 1.15 bits per heavy atom. The van der Waals surface area contributed by atoms with E-state index < -0.39 is 22.0 Å². The van der Waals surface area contributed by atoms with Crippen LogP contribution < -0.4 is 25.8 Å². The molecule has 0 aliphatic heterocycles. The molecule has 4 rings (SSSR count). The Balaban J connectivity index is 1.56. The summed E-state index contributed by atoms with van der Waals surface area (Å²) >= 11 is 6.89. The summed E-state index contributed by atoms with van der Waals surface area (Å²) in [6.07, 6.45) is -0.128. The number of sulfonamides is 1. The lowest BCUT2D eigenvalue weighted by Gasteiger charge is -2.11. The van der Waals surface area contributed by atoms with Crippen LogP contribution in [0, 0.1) is 0 Å². The van der Waals surface area contributed by atoms with Gasteiger partial charge in [0.15, 0.2) is 5.82 Å². The summed E-state index contributed by atoms with van der Waals surface area (Å²) in [7, 11) is -0.965. The second-order valence-corrected chi connectivity index (χ2v) is 12.2. The summed E-state index contributed by atoms with van der Waals surface area (Å²) < 4.78 is 36.2. The molecule has 0 spiro atoms. The maximum Gasteiger partial charge on any atom is 0.272 e. The van der Waals surface area contributed by atoms with Crippen LogP contribution >= 0.6 is 22.9 Å². The SMILES string of the molecule is CNC(=O)C(N)CC(=O)NCc1cccc(Cn2nc(NS(=O)(=O)c3ccc(Cl)s3)c3c(OC)cccc32)c1. The van der Waals surface area contributed by atoms with Crippen LogP contribution in [0.25, 0.3) is 10.9 Å². The minimum atomic E-state index is -3.93. The number of nitrogens with two attached hydrogens (primary N) is 1. The molecule has 0 aliphatic carbocycles. The summed E-state index contributed by atoms with van der Waals surface area (Å²) in [6.45, 7) is 0.564. The van der Waals surface area contributed by atoms with E-state index >= 15 is 0 Å². The third-order valence-electron chi connectivity index (χ3n) is 5.81. The van der Waals surface area contributed by atoms with Gasteiger partial charge in [-0.05, 0) is 35.4 Å². The lowest BCUT2D eigenvalue weighted by atomic mass is 10.1. The van der Waals surface area contributed by atoms with Crippen molar-refractivity contribution < 1.29 is 22.7 Å². The number of likely N-dealkylation sites (N-methyl/N-ethyl adjacent to an activating group) is 1. The fourth-order valence-corrected chi connectivity index (χ4v) is 6.43. The number of carbonyl (C=O) groups is 2. The van der Waals surface area contributed by atoms with Crippen LogP contribution in [0.3, 0.4) is 0 Å². The average molecular weight is 591 g/mol. The van der Waals surface area contributed by atoms with Crippen LogP contribution in [-0.2, 0) is 32.7 Å². The van der Waals surface area contributed by atoms with Crippen LogP contribution in [0.15, 0.2) is 58.8 Å². The van der Waals surface area contributed by atoms with Gasteiger partial charge in [-0.1, -0.05) is 41.9 Å². The maximum absolute atomic E-state index is 13.0. The smallest absolute Gasteiger partial charge is 0.272 e. The van der Waals surface area contributed by atoms with Gasteiger partial charge < -0.3 is 21.1 Å². The van der Waals surface area contributed by atoms with Crippen molar-refractivity contribution in [2.75, 3.05) is 18.9 Å². The Morgan fingerprint density at radius 3 is 2.59 bits per heavy atom. The van der Waals surface area contributed by atoms with E-state index in [1.807, 2.05) is 30.3 Å². The second kappa shape index (κ2) is 12.0. The molecule has 4 aromatic rings. The van der Waals surface area contributed by atoms with E-state index in [9.17, 15) is 18.0 Å². The Hall–Kier alpha value is -3.65. The van der Waals surface area contributed by atoms with Crippen molar-refractivity contribution in [2.45, 2.75) is 29.8 Å². The standard InChI is InChI=1S/C25H27ClN6O5S2/c1-28-25(34)17(27)12-21(33)29-13-15-5-3-6-16(11-15)14-32-18-7-4-8-19(37-2)23(18)24(30-32)31-39(35,36)22-10-9-20(26)38-22/h3-11,17H,12-14,27H2,1-2H3,(H,28,34)(H,29,33)(H,30,31). The predicted octanol–water partition coefficient (Wildman–Crippen LogP) is 2.69. The maximum atomic E-state index is 13.0. The molecule has 39 heavy (non-hydrogen) atoms. The molecular weight excluding hydrogens is 564 g/mol. The zero-order chi connectivity index (χ0) is 28.2. The Bertz CT molecular complexity index is 1620. The fourth-order valence-electron chi connectivity index (χ4n) is 3.94. The van der Waals surface area contributed by atoms with Crippen LogP contribution in [0.4, 0.5) is 5.82 Å². The van der Waals surface area contributed by atoms with Gasteiger partial charge >= 0.3 is 0 Å². The molecule has 2 amide bonds. The molecule has 14 heteroatoms. The van der Waals surface area contributed by atoms with E-state index in [2.05, 4.69) is 20.5 Å². The van der Waals surface area contributed by atoms with E-state index in [1.54, 1.807) is 16.8 Å². The summed E-state index contributed by atoms with van der Waals surface area (Å²) in [5.41, 5.74) is 8.08. The average Bonchev–Trinajstić information content (AvgIpc) is 3.51. The highest BCUT2D eigenvalue weighted by Gasteiger charge is 2.23. The van der Waals surface area contributed by atoms with Crippen LogP contribution in [0.1, 0.15) is 17.5 Å². The van der Waals surface area contributed by atoms with Crippen molar-refractivity contribution >= 4 is 61.5 Å². The molecule has 0 radical (unpaired) electrons. The molecule has 2 aromatic heterocycles. The number of hydrogen-bond donors (Lipinski definition) is 4. The fraction of sp³-hybridized carbons (Fsp3) is 0.240. The molecule has 0 aliphatic rings. The lowest BCUT2D eigenvalue weighted by molar-refractivity contribution is -0.127. The highest BCUT2D eigenvalue weighted by atomic mass is 35.5. The molecular formula is C25H27ClN6O5S2. The number of amides is 2. The summed E-state index contributed by atoms with van der Waals surface area (Å²) in [5.74, 6) is -0.156. The minimum absolute atomic E-state index is 0.0659. The van der Waals surface area contributed by atoms with Crippen molar-refractivity contribution in [2.24, 2.45) is 5.73 Å². The van der Waals surface area contributed by atoms with Gasteiger partial charge in [-0.15, -0.1) is 11.3 Å². The number of ether oxygens (including phenoxy) is 1. The Kier molecular flexibility index (Phi) is 8.75. The van der Waals surface area contributed by atoms with Gasteiger partial charge in [0, 0.05) is 13.6 Å². The van der Waals surface area contributed by atoms with E-state index in [-0.39, 0.29) is 28.9 Å². The first-order chi connectivity index (χ1) is 18.6. The van der Waals surface area contributed by atoms with Crippen LogP contribution in [0.2, 0.25) is 4.34 Å². The molecule has 0 saturated heterocycles. The Labute approximate surface area is 234 Å². The van der Waals surface area contributed by atoms with Crippen molar-refractivity contribution in [3.05, 3.63) is 70.1 Å². The number of nitrogens with one attached hydrogen (secondary N) is 3. The van der Waals surface area contributed by atoms with Crippen molar-refractivity contribution in [1.82, 2.24) is 20.4 Å². The zero-order valence-electron chi connectivity index (χ0n) is 21.1. The first kappa shape index (κ1) is 28.4. The van der Waals surface area contributed by atoms with Crippen molar-refractivity contribution in [3.63, 3.8) is 0 Å². The molecule has 0 fully saturated rings. The summed E-state index contributed by atoms with van der Waals surface area (Å²) in [4.78, 5) is 23.7. The van der Waals surface area contributed by atoms with Gasteiger partial charge in [0.2, 0.25) is 11.8 Å². The lowest BCUT2D eigenvalue weighted by Crippen LogP contribution is -2.42. The predicted molar refractivity (Wildman–Crippen MR) is 150 cm³/mol. The van der Waals surface area contributed by atoms with Gasteiger partial charge in [-0.3, -0.25) is 19.0 Å². The second-order valence-electron chi connectivity index (χ2n) is 8.55. The highest BCUT2D eigenvalue weighted by molar-refractivity contribution is 7.94. The quantitative estimate of drug-likeness (QED) is 0.209. The molecule has 2 aromatic carbocycles. The van der Waals surface area contributed by atoms with Gasteiger partial charge in [-0.25, -0.2) is 8.42 Å². The third kappa shape index (κ3) is 6.68. The molecule has 1 unspecified atom stereocenters. The van der Waals surface area contributed by atoms with Crippen molar-refractivity contribution in [1.29, 1.82) is 0 Å². The number of nitrogens with zero attached hydrogens (tertiary/aromatic N) is 2. The molecule has 1 atom stereocenters.